The predicted octanol–water partition coefficient (Wildman–Crippen LogP) is 1.05. The van der Waals surface area contributed by atoms with E-state index in [9.17, 15) is 8.42 Å². The molecule has 3 heterocycles. The first-order valence-corrected chi connectivity index (χ1v) is 9.48. The maximum atomic E-state index is 11.8. The van der Waals surface area contributed by atoms with Gasteiger partial charge in [-0.15, -0.1) is 0 Å². The Morgan fingerprint density at radius 2 is 2.08 bits per heavy atom. The highest BCUT2D eigenvalue weighted by atomic mass is 32.2. The number of anilines is 1. The summed E-state index contributed by atoms with van der Waals surface area (Å²) in [6, 6.07) is 5.04. The standard InChI is InChI=1S/C15H16N6O2S/c1-24(22,23)11-3-4-13-12(6-11)15(18-8-16-13)20-10-2-5-14-17-9-19-21(14)7-10/h3-4,6,8-10H,2,5,7H2,1H3,(H,16,18,20). The van der Waals surface area contributed by atoms with E-state index in [1.165, 1.54) is 12.6 Å². The summed E-state index contributed by atoms with van der Waals surface area (Å²) in [7, 11) is -3.28. The molecular formula is C15H16N6O2S. The van der Waals surface area contributed by atoms with Crippen LogP contribution in [0.2, 0.25) is 0 Å². The summed E-state index contributed by atoms with van der Waals surface area (Å²) in [6.07, 6.45) is 5.99. The quantitative estimate of drug-likeness (QED) is 0.757. The topological polar surface area (TPSA) is 103 Å². The molecule has 0 bridgehead atoms. The second-order valence-electron chi connectivity index (χ2n) is 5.91. The number of fused-ring (bicyclic) bond motifs is 2. The van der Waals surface area contributed by atoms with Gasteiger partial charge in [-0.25, -0.2) is 28.1 Å². The summed E-state index contributed by atoms with van der Waals surface area (Å²) < 4.78 is 25.5. The smallest absolute Gasteiger partial charge is 0.175 e. The Labute approximate surface area is 138 Å². The lowest BCUT2D eigenvalue weighted by atomic mass is 10.1. The van der Waals surface area contributed by atoms with E-state index in [-0.39, 0.29) is 10.9 Å². The second kappa shape index (κ2) is 5.52. The van der Waals surface area contributed by atoms with Crippen LogP contribution in [0.25, 0.3) is 10.9 Å². The highest BCUT2D eigenvalue weighted by Crippen LogP contribution is 2.25. The van der Waals surface area contributed by atoms with Crippen molar-refractivity contribution in [2.45, 2.75) is 30.3 Å². The Morgan fingerprint density at radius 3 is 2.92 bits per heavy atom. The first kappa shape index (κ1) is 15.0. The molecule has 1 aromatic carbocycles. The van der Waals surface area contributed by atoms with E-state index in [2.05, 4.69) is 25.4 Å². The van der Waals surface area contributed by atoms with Crippen LogP contribution in [0.3, 0.4) is 0 Å². The zero-order valence-corrected chi connectivity index (χ0v) is 13.9. The minimum absolute atomic E-state index is 0.152. The molecule has 4 rings (SSSR count). The van der Waals surface area contributed by atoms with Crippen LogP contribution < -0.4 is 5.32 Å². The van der Waals surface area contributed by atoms with E-state index in [0.29, 0.717) is 23.3 Å². The van der Waals surface area contributed by atoms with Crippen LogP contribution in [-0.4, -0.2) is 45.4 Å². The van der Waals surface area contributed by atoms with E-state index >= 15 is 0 Å². The second-order valence-corrected chi connectivity index (χ2v) is 7.93. The fourth-order valence-electron chi connectivity index (χ4n) is 2.93. The molecule has 1 atom stereocenters. The normalized spacial score (nSPS) is 17.6. The SMILES string of the molecule is CS(=O)(=O)c1ccc2ncnc(NC3CCc4ncnn4C3)c2c1. The number of hydrogen-bond acceptors (Lipinski definition) is 7. The molecule has 3 aromatic rings. The van der Waals surface area contributed by atoms with E-state index < -0.39 is 9.84 Å². The van der Waals surface area contributed by atoms with Gasteiger partial charge in [0.05, 0.1) is 17.0 Å². The lowest BCUT2D eigenvalue weighted by Gasteiger charge is -2.24. The van der Waals surface area contributed by atoms with Crippen LogP contribution in [0.5, 0.6) is 0 Å². The molecule has 0 saturated carbocycles. The summed E-state index contributed by atoms with van der Waals surface area (Å²) in [4.78, 5) is 13.0. The van der Waals surface area contributed by atoms with Crippen molar-refractivity contribution >= 4 is 26.6 Å². The van der Waals surface area contributed by atoms with Gasteiger partial charge in [0.2, 0.25) is 0 Å². The number of hydrogen-bond donors (Lipinski definition) is 1. The van der Waals surface area contributed by atoms with Crippen molar-refractivity contribution in [2.75, 3.05) is 11.6 Å². The fourth-order valence-corrected chi connectivity index (χ4v) is 3.58. The van der Waals surface area contributed by atoms with Crippen LogP contribution in [0, 0.1) is 0 Å². The van der Waals surface area contributed by atoms with Crippen molar-refractivity contribution in [1.29, 1.82) is 0 Å². The zero-order chi connectivity index (χ0) is 16.7. The molecule has 8 nitrogen and oxygen atoms in total. The molecule has 124 valence electrons. The zero-order valence-electron chi connectivity index (χ0n) is 13.0. The van der Waals surface area contributed by atoms with Gasteiger partial charge < -0.3 is 5.32 Å². The van der Waals surface area contributed by atoms with Gasteiger partial charge in [-0.3, -0.25) is 0 Å². The first-order chi connectivity index (χ1) is 11.5. The lowest BCUT2D eigenvalue weighted by molar-refractivity contribution is 0.441. The van der Waals surface area contributed by atoms with Crippen molar-refractivity contribution in [2.24, 2.45) is 0 Å². The Hall–Kier alpha value is -2.55. The number of benzene rings is 1. The molecule has 24 heavy (non-hydrogen) atoms. The Bertz CT molecular complexity index is 1010. The van der Waals surface area contributed by atoms with Crippen LogP contribution in [0.4, 0.5) is 5.82 Å². The van der Waals surface area contributed by atoms with E-state index in [4.69, 9.17) is 0 Å². The highest BCUT2D eigenvalue weighted by molar-refractivity contribution is 7.90. The highest BCUT2D eigenvalue weighted by Gasteiger charge is 2.21. The third kappa shape index (κ3) is 2.71. The van der Waals surface area contributed by atoms with Crippen LogP contribution in [0.1, 0.15) is 12.2 Å². The van der Waals surface area contributed by atoms with Gasteiger partial charge in [-0.05, 0) is 24.6 Å². The molecule has 0 spiro atoms. The van der Waals surface area contributed by atoms with Crippen LogP contribution in [-0.2, 0) is 22.8 Å². The monoisotopic (exact) mass is 344 g/mol. The number of sulfone groups is 1. The molecule has 1 aliphatic rings. The Kier molecular flexibility index (Phi) is 3.45. The van der Waals surface area contributed by atoms with Gasteiger partial charge in [0.25, 0.3) is 0 Å². The van der Waals surface area contributed by atoms with Gasteiger partial charge in [0.1, 0.15) is 24.3 Å². The average molecular weight is 344 g/mol. The number of aromatic nitrogens is 5. The third-order valence-corrected chi connectivity index (χ3v) is 5.29. The van der Waals surface area contributed by atoms with Gasteiger partial charge in [0, 0.05) is 24.1 Å². The van der Waals surface area contributed by atoms with Crippen molar-refractivity contribution in [3.8, 4) is 0 Å². The van der Waals surface area contributed by atoms with Crippen molar-refractivity contribution in [3.63, 3.8) is 0 Å². The molecular weight excluding hydrogens is 328 g/mol. The molecule has 0 radical (unpaired) electrons. The first-order valence-electron chi connectivity index (χ1n) is 7.59. The maximum absolute atomic E-state index is 11.8. The van der Waals surface area contributed by atoms with E-state index in [0.717, 1.165) is 18.7 Å². The summed E-state index contributed by atoms with van der Waals surface area (Å²) in [5.74, 6) is 1.62. The average Bonchev–Trinajstić information content (AvgIpc) is 3.01. The van der Waals surface area contributed by atoms with Crippen molar-refractivity contribution < 1.29 is 8.42 Å². The van der Waals surface area contributed by atoms with Crippen molar-refractivity contribution in [3.05, 3.63) is 36.7 Å². The van der Waals surface area contributed by atoms with Crippen LogP contribution >= 0.6 is 0 Å². The molecule has 0 fully saturated rings. The van der Waals surface area contributed by atoms with Crippen LogP contribution in [0.15, 0.2) is 35.7 Å². The molecule has 0 aliphatic carbocycles. The van der Waals surface area contributed by atoms with Gasteiger partial charge in [-0.1, -0.05) is 0 Å². The van der Waals surface area contributed by atoms with E-state index in [1.807, 2.05) is 4.68 Å². The minimum Gasteiger partial charge on any atom is -0.365 e. The summed E-state index contributed by atoms with van der Waals surface area (Å²) in [5, 5.41) is 8.31. The van der Waals surface area contributed by atoms with Gasteiger partial charge in [0.15, 0.2) is 9.84 Å². The third-order valence-electron chi connectivity index (χ3n) is 4.18. The molecule has 0 saturated heterocycles. The molecule has 2 aromatic heterocycles. The Morgan fingerprint density at radius 1 is 1.21 bits per heavy atom. The minimum atomic E-state index is -3.28. The van der Waals surface area contributed by atoms with Crippen molar-refractivity contribution in [1.82, 2.24) is 24.7 Å². The number of nitrogens with zero attached hydrogens (tertiary/aromatic N) is 5. The molecule has 9 heteroatoms. The molecule has 1 unspecified atom stereocenters. The molecule has 1 N–H and O–H groups in total. The van der Waals surface area contributed by atoms with Gasteiger partial charge >= 0.3 is 0 Å². The lowest BCUT2D eigenvalue weighted by Crippen LogP contribution is -2.32. The van der Waals surface area contributed by atoms with E-state index in [1.54, 1.807) is 24.5 Å². The fraction of sp³-hybridized carbons (Fsp3) is 0.333. The summed E-state index contributed by atoms with van der Waals surface area (Å²) >= 11 is 0. The number of nitrogens with one attached hydrogen (secondary N) is 1. The summed E-state index contributed by atoms with van der Waals surface area (Å²) in [6.45, 7) is 0.701. The predicted molar refractivity (Wildman–Crippen MR) is 88.4 cm³/mol. The molecule has 1 aliphatic heterocycles. The maximum Gasteiger partial charge on any atom is 0.175 e. The number of rotatable bonds is 3. The Balaban J connectivity index is 1.69. The van der Waals surface area contributed by atoms with Gasteiger partial charge in [-0.2, -0.15) is 5.10 Å². The number of aryl methyl sites for hydroxylation is 1. The largest absolute Gasteiger partial charge is 0.365 e. The molecule has 0 amide bonds. The summed E-state index contributed by atoms with van der Waals surface area (Å²) in [5.41, 5.74) is 0.706.